The van der Waals surface area contributed by atoms with Crippen molar-refractivity contribution in [3.8, 4) is 10.4 Å². The Labute approximate surface area is 184 Å². The van der Waals surface area contributed by atoms with Crippen molar-refractivity contribution in [1.82, 2.24) is 10.2 Å². The zero-order chi connectivity index (χ0) is 22.2. The van der Waals surface area contributed by atoms with Gasteiger partial charge in [0.1, 0.15) is 0 Å². The number of nitrogens with zero attached hydrogens (tertiary/aromatic N) is 1. The van der Waals surface area contributed by atoms with Gasteiger partial charge in [-0.2, -0.15) is 0 Å². The smallest absolute Gasteiger partial charge is 0.328 e. The first-order chi connectivity index (χ1) is 14.9. The van der Waals surface area contributed by atoms with Gasteiger partial charge in [0.05, 0.1) is 10.6 Å². The van der Waals surface area contributed by atoms with Crippen LogP contribution in [0.5, 0.6) is 0 Å². The summed E-state index contributed by atoms with van der Waals surface area (Å²) < 4.78 is 0. The molecule has 2 bridgehead atoms. The molecule has 4 N–H and O–H groups in total. The minimum atomic E-state index is -1.26. The Morgan fingerprint density at radius 3 is 2.19 bits per heavy atom. The van der Waals surface area contributed by atoms with Crippen molar-refractivity contribution < 1.29 is 24.6 Å². The number of thiophene rings is 1. The molecule has 1 unspecified atom stereocenters. The molecule has 5 rings (SSSR count). The molecule has 0 radical (unpaired) electrons. The van der Waals surface area contributed by atoms with Gasteiger partial charge in [-0.15, -0.1) is 11.3 Å². The Bertz CT molecular complexity index is 920. The second-order valence-corrected chi connectivity index (χ2v) is 8.30. The van der Waals surface area contributed by atoms with Crippen molar-refractivity contribution in [2.45, 2.75) is 18.9 Å². The molecule has 3 aliphatic heterocycles. The first-order valence-electron chi connectivity index (χ1n) is 9.99. The highest BCUT2D eigenvalue weighted by Gasteiger charge is 2.34. The molecule has 4 heterocycles. The Hall–Kier alpha value is -3.17. The number of fused-ring (bicyclic) bond motifs is 3. The van der Waals surface area contributed by atoms with Crippen molar-refractivity contribution >= 4 is 35.0 Å². The van der Waals surface area contributed by atoms with E-state index < -0.39 is 11.9 Å². The number of carboxylic acid groups (broad SMARTS) is 2. The molecule has 2 aromatic rings. The number of carbonyl (C=O) groups is 3. The van der Waals surface area contributed by atoms with Gasteiger partial charge in [-0.1, -0.05) is 30.3 Å². The summed E-state index contributed by atoms with van der Waals surface area (Å²) >= 11 is 1.65. The first-order valence-corrected chi connectivity index (χ1v) is 10.9. The lowest BCUT2D eigenvalue weighted by Crippen LogP contribution is -2.57. The lowest BCUT2D eigenvalue weighted by atomic mass is 9.84. The number of benzene rings is 1. The lowest BCUT2D eigenvalue weighted by Gasteiger charge is -2.44. The molecule has 0 spiro atoms. The first kappa shape index (κ1) is 22.5. The molecule has 1 aromatic heterocycles. The standard InChI is InChI=1S/C18H21N3OS.C4H4O4/c22-18(20-16-12-21-9-6-13(16)7-10-21)19-15-8-11-23-17(15)14-4-2-1-3-5-14;5-3(6)1-2-4(7)8/h1-5,8,11,13,16H,6-7,9-10,12H2,(H2,19,20,22);1-2H,(H,5,6)(H,7,8)/b;2-1+. The van der Waals surface area contributed by atoms with Crippen LogP contribution in [0.15, 0.2) is 53.9 Å². The number of hydrogen-bond donors (Lipinski definition) is 4. The number of hydrogen-bond acceptors (Lipinski definition) is 5. The molecule has 9 heteroatoms. The van der Waals surface area contributed by atoms with Gasteiger partial charge in [0, 0.05) is 24.7 Å². The van der Waals surface area contributed by atoms with Gasteiger partial charge in [-0.05, 0) is 48.9 Å². The number of anilines is 1. The van der Waals surface area contributed by atoms with Crippen LogP contribution in [-0.4, -0.2) is 58.8 Å². The third kappa shape index (κ3) is 6.66. The molecular weight excluding hydrogens is 418 g/mol. The molecule has 3 saturated heterocycles. The third-order valence-electron chi connectivity index (χ3n) is 5.29. The molecule has 0 aliphatic carbocycles. The average Bonchev–Trinajstić information content (AvgIpc) is 3.22. The minimum Gasteiger partial charge on any atom is -0.478 e. The summed E-state index contributed by atoms with van der Waals surface area (Å²) in [4.78, 5) is 35.1. The van der Waals surface area contributed by atoms with E-state index in [9.17, 15) is 14.4 Å². The molecule has 31 heavy (non-hydrogen) atoms. The van der Waals surface area contributed by atoms with Crippen LogP contribution in [0, 0.1) is 5.92 Å². The fraction of sp³-hybridized carbons (Fsp3) is 0.318. The summed E-state index contributed by atoms with van der Waals surface area (Å²) in [6.07, 6.45) is 3.53. The Morgan fingerprint density at radius 1 is 1.00 bits per heavy atom. The van der Waals surface area contributed by atoms with Gasteiger partial charge in [-0.3, -0.25) is 0 Å². The number of rotatable bonds is 5. The van der Waals surface area contributed by atoms with Gasteiger partial charge >= 0.3 is 18.0 Å². The van der Waals surface area contributed by atoms with Crippen molar-refractivity contribution in [3.05, 3.63) is 53.9 Å². The van der Waals surface area contributed by atoms with E-state index >= 15 is 0 Å². The van der Waals surface area contributed by atoms with Crippen molar-refractivity contribution in [3.63, 3.8) is 0 Å². The SMILES string of the molecule is O=C(Nc1ccsc1-c1ccccc1)NC1CN2CCC1CC2.O=C(O)/C=C/C(=O)O. The highest BCUT2D eigenvalue weighted by molar-refractivity contribution is 7.14. The van der Waals surface area contributed by atoms with Gasteiger partial charge in [0.2, 0.25) is 0 Å². The van der Waals surface area contributed by atoms with Crippen molar-refractivity contribution in [2.24, 2.45) is 5.92 Å². The van der Waals surface area contributed by atoms with E-state index in [-0.39, 0.29) is 12.1 Å². The fourth-order valence-electron chi connectivity index (χ4n) is 3.82. The Balaban J connectivity index is 0.000000293. The number of nitrogens with one attached hydrogen (secondary N) is 2. The molecular formula is C22H25N3O5S. The van der Waals surface area contributed by atoms with E-state index in [1.165, 1.54) is 25.9 Å². The van der Waals surface area contributed by atoms with Gasteiger partial charge < -0.3 is 25.7 Å². The van der Waals surface area contributed by atoms with Crippen LogP contribution in [0.2, 0.25) is 0 Å². The average molecular weight is 444 g/mol. The Kier molecular flexibility index (Phi) is 7.80. The zero-order valence-corrected chi connectivity index (χ0v) is 17.7. The predicted octanol–water partition coefficient (Wildman–Crippen LogP) is 3.34. The number of piperidine rings is 3. The van der Waals surface area contributed by atoms with Crippen LogP contribution in [0.4, 0.5) is 10.5 Å². The number of carbonyl (C=O) groups excluding carboxylic acids is 1. The number of urea groups is 1. The van der Waals surface area contributed by atoms with Crippen LogP contribution in [0.25, 0.3) is 10.4 Å². The normalized spacial score (nSPS) is 21.7. The van der Waals surface area contributed by atoms with Crippen LogP contribution in [0.3, 0.4) is 0 Å². The maximum Gasteiger partial charge on any atom is 0.328 e. The third-order valence-corrected chi connectivity index (χ3v) is 6.25. The van der Waals surface area contributed by atoms with E-state index in [2.05, 4.69) is 27.7 Å². The molecule has 8 nitrogen and oxygen atoms in total. The molecule has 3 aliphatic rings. The number of amides is 2. The number of aliphatic carboxylic acids is 2. The molecule has 0 saturated carbocycles. The van der Waals surface area contributed by atoms with E-state index in [1.54, 1.807) is 11.3 Å². The van der Waals surface area contributed by atoms with Gasteiger partial charge in [0.25, 0.3) is 0 Å². The minimum absolute atomic E-state index is 0.0840. The largest absolute Gasteiger partial charge is 0.478 e. The highest BCUT2D eigenvalue weighted by atomic mass is 32.1. The quantitative estimate of drug-likeness (QED) is 0.526. The lowest BCUT2D eigenvalue weighted by molar-refractivity contribution is -0.134. The van der Waals surface area contributed by atoms with E-state index in [4.69, 9.17) is 10.2 Å². The van der Waals surface area contributed by atoms with E-state index in [0.717, 1.165) is 22.7 Å². The summed E-state index contributed by atoms with van der Waals surface area (Å²) in [6, 6.07) is 12.4. The van der Waals surface area contributed by atoms with Crippen molar-refractivity contribution in [2.75, 3.05) is 25.0 Å². The summed E-state index contributed by atoms with van der Waals surface area (Å²) in [7, 11) is 0. The van der Waals surface area contributed by atoms with E-state index in [0.29, 0.717) is 18.1 Å². The highest BCUT2D eigenvalue weighted by Crippen LogP contribution is 2.33. The van der Waals surface area contributed by atoms with Gasteiger partial charge in [0.15, 0.2) is 0 Å². The van der Waals surface area contributed by atoms with Crippen LogP contribution in [0.1, 0.15) is 12.8 Å². The summed E-state index contributed by atoms with van der Waals surface area (Å²) in [6.45, 7) is 3.37. The zero-order valence-electron chi connectivity index (χ0n) is 16.9. The topological polar surface area (TPSA) is 119 Å². The van der Waals surface area contributed by atoms with E-state index in [1.807, 2.05) is 29.6 Å². The molecule has 164 valence electrons. The number of carboxylic acids is 2. The maximum absolute atomic E-state index is 12.4. The molecule has 3 fully saturated rings. The second kappa shape index (κ2) is 10.7. The maximum atomic E-state index is 12.4. The van der Waals surface area contributed by atoms with Crippen molar-refractivity contribution in [1.29, 1.82) is 0 Å². The Morgan fingerprint density at radius 2 is 1.65 bits per heavy atom. The van der Waals surface area contributed by atoms with Gasteiger partial charge in [-0.25, -0.2) is 14.4 Å². The summed E-state index contributed by atoms with van der Waals surface area (Å²) in [5.74, 6) is -1.87. The summed E-state index contributed by atoms with van der Waals surface area (Å²) in [5, 5.41) is 23.9. The fourth-order valence-corrected chi connectivity index (χ4v) is 4.68. The van der Waals surface area contributed by atoms with Crippen LogP contribution < -0.4 is 10.6 Å². The van der Waals surface area contributed by atoms with Crippen LogP contribution >= 0.6 is 11.3 Å². The van der Waals surface area contributed by atoms with Crippen LogP contribution in [-0.2, 0) is 9.59 Å². The second-order valence-electron chi connectivity index (χ2n) is 7.38. The molecule has 1 atom stereocenters. The summed E-state index contributed by atoms with van der Waals surface area (Å²) in [5.41, 5.74) is 2.03. The molecule has 1 aromatic carbocycles. The monoisotopic (exact) mass is 443 g/mol. The predicted molar refractivity (Wildman–Crippen MR) is 119 cm³/mol. The molecule has 2 amide bonds.